The average Bonchev–Trinajstić information content (AvgIpc) is 3.40. The van der Waals surface area contributed by atoms with E-state index in [-0.39, 0.29) is 6.42 Å². The van der Waals surface area contributed by atoms with Crippen LogP contribution in [0.5, 0.6) is 0 Å². The normalized spacial score (nSPS) is 13.8. The monoisotopic (exact) mass is 366 g/mol. The van der Waals surface area contributed by atoms with Crippen LogP contribution in [-0.2, 0) is 11.2 Å². The third-order valence-electron chi connectivity index (χ3n) is 4.72. The molecule has 0 radical (unpaired) electrons. The summed E-state index contributed by atoms with van der Waals surface area (Å²) in [6.07, 6.45) is 2.35. The molecule has 5 heteroatoms. The first-order valence-corrected chi connectivity index (χ1v) is 9.06. The van der Waals surface area contributed by atoms with Gasteiger partial charge >= 0.3 is 5.97 Å². The maximum atomic E-state index is 11.4. The van der Waals surface area contributed by atoms with Crippen LogP contribution in [0.25, 0.3) is 22.0 Å². The lowest BCUT2D eigenvalue weighted by Crippen LogP contribution is -2.06. The van der Waals surface area contributed by atoms with Crippen molar-refractivity contribution in [1.82, 2.24) is 4.98 Å². The number of nitrogens with zero attached hydrogens (tertiary/aromatic N) is 1. The molecule has 1 saturated carbocycles. The molecule has 1 heterocycles. The van der Waals surface area contributed by atoms with E-state index in [0.29, 0.717) is 11.1 Å². The van der Waals surface area contributed by atoms with E-state index in [9.17, 15) is 9.90 Å². The number of carboxylic acid groups (broad SMARTS) is 1. The zero-order valence-corrected chi connectivity index (χ0v) is 15.2. The molecular formula is C21H19ClN2O2. The van der Waals surface area contributed by atoms with Crippen molar-refractivity contribution in [3.05, 3.63) is 58.6 Å². The minimum atomic E-state index is -0.845. The summed E-state index contributed by atoms with van der Waals surface area (Å²) in [7, 11) is 0. The second-order valence-electron chi connectivity index (χ2n) is 6.81. The number of benzene rings is 2. The first-order chi connectivity index (χ1) is 12.5. The molecule has 132 valence electrons. The molecule has 0 amide bonds. The van der Waals surface area contributed by atoms with Gasteiger partial charge in [0.25, 0.3) is 0 Å². The second kappa shape index (κ2) is 6.61. The van der Waals surface area contributed by atoms with Crippen molar-refractivity contribution in [2.45, 2.75) is 32.2 Å². The molecule has 3 aromatic rings. The largest absolute Gasteiger partial charge is 0.481 e. The number of aliphatic carboxylic acids is 1. The molecule has 1 fully saturated rings. The van der Waals surface area contributed by atoms with Crippen LogP contribution >= 0.6 is 11.6 Å². The van der Waals surface area contributed by atoms with Crippen molar-refractivity contribution >= 4 is 34.3 Å². The quantitative estimate of drug-likeness (QED) is 0.662. The topological polar surface area (TPSA) is 62.2 Å². The summed E-state index contributed by atoms with van der Waals surface area (Å²) in [5.41, 5.74) is 4.48. The van der Waals surface area contributed by atoms with E-state index in [4.69, 9.17) is 16.6 Å². The molecule has 1 aromatic heterocycles. The van der Waals surface area contributed by atoms with Crippen molar-refractivity contribution < 1.29 is 9.90 Å². The van der Waals surface area contributed by atoms with Gasteiger partial charge in [-0.3, -0.25) is 4.79 Å². The Kier molecular flexibility index (Phi) is 4.29. The Bertz CT molecular complexity index is 995. The Balaban J connectivity index is 1.93. The van der Waals surface area contributed by atoms with E-state index in [1.807, 2.05) is 49.4 Å². The van der Waals surface area contributed by atoms with E-state index in [1.54, 1.807) is 0 Å². The second-order valence-corrected chi connectivity index (χ2v) is 7.24. The van der Waals surface area contributed by atoms with Gasteiger partial charge < -0.3 is 10.4 Å². The van der Waals surface area contributed by atoms with Crippen LogP contribution in [0.4, 0.5) is 5.82 Å². The standard InChI is InChI=1S/C21H19ClN2O2/c1-12-10-18-16(8-9-19(24-18)23-15-6-7-15)21(17(12)11-20(25)26)13-2-4-14(22)5-3-13/h2-5,8-10,15H,6-7,11H2,1H3,(H,23,24)(H,25,26). The van der Waals surface area contributed by atoms with Crippen LogP contribution in [0.1, 0.15) is 24.0 Å². The van der Waals surface area contributed by atoms with Gasteiger partial charge in [-0.05, 0) is 72.4 Å². The maximum Gasteiger partial charge on any atom is 0.307 e. The summed E-state index contributed by atoms with van der Waals surface area (Å²) in [6.45, 7) is 1.94. The number of rotatable bonds is 5. The first kappa shape index (κ1) is 16.9. The lowest BCUT2D eigenvalue weighted by molar-refractivity contribution is -0.136. The van der Waals surface area contributed by atoms with Gasteiger partial charge in [-0.1, -0.05) is 23.7 Å². The fourth-order valence-corrected chi connectivity index (χ4v) is 3.42. The Labute approximate surface area is 156 Å². The average molecular weight is 367 g/mol. The molecule has 2 N–H and O–H groups in total. The molecule has 0 aliphatic heterocycles. The van der Waals surface area contributed by atoms with Gasteiger partial charge in [-0.15, -0.1) is 0 Å². The van der Waals surface area contributed by atoms with E-state index >= 15 is 0 Å². The van der Waals surface area contributed by atoms with Crippen LogP contribution in [-0.4, -0.2) is 22.1 Å². The molecule has 26 heavy (non-hydrogen) atoms. The van der Waals surface area contributed by atoms with E-state index in [1.165, 1.54) is 12.8 Å². The van der Waals surface area contributed by atoms with E-state index in [2.05, 4.69) is 5.32 Å². The minimum absolute atomic E-state index is 0.0260. The van der Waals surface area contributed by atoms with Crippen molar-refractivity contribution in [2.75, 3.05) is 5.32 Å². The third-order valence-corrected chi connectivity index (χ3v) is 4.97. The van der Waals surface area contributed by atoms with Crippen molar-refractivity contribution in [3.63, 3.8) is 0 Å². The number of hydrogen-bond donors (Lipinski definition) is 2. The highest BCUT2D eigenvalue weighted by molar-refractivity contribution is 6.30. The predicted octanol–water partition coefficient (Wildman–Crippen LogP) is 5.07. The Morgan fingerprint density at radius 2 is 1.96 bits per heavy atom. The number of nitrogens with one attached hydrogen (secondary N) is 1. The molecule has 2 aromatic carbocycles. The molecule has 0 spiro atoms. The minimum Gasteiger partial charge on any atom is -0.481 e. The third kappa shape index (κ3) is 3.37. The van der Waals surface area contributed by atoms with Crippen molar-refractivity contribution in [3.8, 4) is 11.1 Å². The summed E-state index contributed by atoms with van der Waals surface area (Å²) < 4.78 is 0. The van der Waals surface area contributed by atoms with Gasteiger partial charge in [0.05, 0.1) is 11.9 Å². The van der Waals surface area contributed by atoms with Gasteiger partial charge in [0.15, 0.2) is 0 Å². The van der Waals surface area contributed by atoms with E-state index in [0.717, 1.165) is 39.0 Å². The number of hydrogen-bond acceptors (Lipinski definition) is 3. The van der Waals surface area contributed by atoms with Crippen LogP contribution in [0.3, 0.4) is 0 Å². The predicted molar refractivity (Wildman–Crippen MR) is 105 cm³/mol. The number of carbonyl (C=O) groups is 1. The Hall–Kier alpha value is -2.59. The highest BCUT2D eigenvalue weighted by Gasteiger charge is 2.22. The smallest absolute Gasteiger partial charge is 0.307 e. The number of anilines is 1. The Morgan fingerprint density at radius 3 is 2.62 bits per heavy atom. The molecule has 1 aliphatic carbocycles. The number of pyridine rings is 1. The maximum absolute atomic E-state index is 11.4. The summed E-state index contributed by atoms with van der Waals surface area (Å²) in [4.78, 5) is 16.2. The van der Waals surface area contributed by atoms with Gasteiger partial charge in [0.1, 0.15) is 5.82 Å². The van der Waals surface area contributed by atoms with Gasteiger partial charge in [-0.2, -0.15) is 0 Å². The first-order valence-electron chi connectivity index (χ1n) is 8.69. The molecule has 4 nitrogen and oxygen atoms in total. The summed E-state index contributed by atoms with van der Waals surface area (Å²) >= 11 is 6.03. The van der Waals surface area contributed by atoms with Crippen molar-refractivity contribution in [2.24, 2.45) is 0 Å². The highest BCUT2D eigenvalue weighted by atomic mass is 35.5. The lowest BCUT2D eigenvalue weighted by Gasteiger charge is -2.16. The summed E-state index contributed by atoms with van der Waals surface area (Å²) in [5, 5.41) is 14.4. The number of halogens is 1. The zero-order valence-electron chi connectivity index (χ0n) is 14.4. The number of fused-ring (bicyclic) bond motifs is 1. The highest BCUT2D eigenvalue weighted by Crippen LogP contribution is 2.36. The molecule has 0 unspecified atom stereocenters. The van der Waals surface area contributed by atoms with Crippen LogP contribution < -0.4 is 5.32 Å². The molecule has 1 aliphatic rings. The molecular weight excluding hydrogens is 348 g/mol. The van der Waals surface area contributed by atoms with Crippen LogP contribution in [0.2, 0.25) is 5.02 Å². The van der Waals surface area contributed by atoms with Gasteiger partial charge in [0.2, 0.25) is 0 Å². The SMILES string of the molecule is Cc1cc2nc(NC3CC3)ccc2c(-c2ccc(Cl)cc2)c1CC(=O)O. The molecule has 0 saturated heterocycles. The Morgan fingerprint density at radius 1 is 1.23 bits per heavy atom. The fraction of sp³-hybridized carbons (Fsp3) is 0.238. The van der Waals surface area contributed by atoms with Crippen molar-refractivity contribution in [1.29, 1.82) is 0 Å². The van der Waals surface area contributed by atoms with Gasteiger partial charge in [0, 0.05) is 16.5 Å². The summed E-state index contributed by atoms with van der Waals surface area (Å²) in [6, 6.07) is 14.0. The molecule has 4 rings (SSSR count). The summed E-state index contributed by atoms with van der Waals surface area (Å²) in [5.74, 6) is 0.0232. The molecule has 0 atom stereocenters. The van der Waals surface area contributed by atoms with E-state index < -0.39 is 5.97 Å². The number of aryl methyl sites for hydroxylation is 1. The number of carboxylic acids is 1. The lowest BCUT2D eigenvalue weighted by atomic mass is 9.90. The van der Waals surface area contributed by atoms with Crippen LogP contribution in [0, 0.1) is 6.92 Å². The van der Waals surface area contributed by atoms with Gasteiger partial charge in [-0.25, -0.2) is 4.98 Å². The zero-order chi connectivity index (χ0) is 18.3. The fourth-order valence-electron chi connectivity index (χ4n) is 3.29. The number of aromatic nitrogens is 1. The molecule has 0 bridgehead atoms. The van der Waals surface area contributed by atoms with Crippen LogP contribution in [0.15, 0.2) is 42.5 Å².